The van der Waals surface area contributed by atoms with Crippen LogP contribution in [-0.4, -0.2) is 17.6 Å². The molecule has 19 heavy (non-hydrogen) atoms. The second-order valence-corrected chi connectivity index (χ2v) is 4.86. The van der Waals surface area contributed by atoms with Crippen molar-refractivity contribution in [3.8, 4) is 5.75 Å². The number of nitrogens with zero attached hydrogens (tertiary/aromatic N) is 1. The van der Waals surface area contributed by atoms with Crippen LogP contribution in [0.2, 0.25) is 0 Å². The van der Waals surface area contributed by atoms with E-state index in [1.165, 1.54) is 0 Å². The fourth-order valence-corrected chi connectivity index (χ4v) is 2.20. The van der Waals surface area contributed by atoms with Crippen molar-refractivity contribution in [2.75, 3.05) is 6.61 Å². The summed E-state index contributed by atoms with van der Waals surface area (Å²) in [5.41, 5.74) is 1.53. The SMILES string of the molecule is CCOC(=O)c1ccc(OCc2nc(C)cs2)cc1. The third kappa shape index (κ3) is 3.79. The van der Waals surface area contributed by atoms with Gasteiger partial charge in [0.1, 0.15) is 17.4 Å². The quantitative estimate of drug-likeness (QED) is 0.787. The molecular weight excluding hydrogens is 262 g/mol. The first-order valence-electron chi connectivity index (χ1n) is 6.00. The van der Waals surface area contributed by atoms with E-state index in [2.05, 4.69) is 4.98 Å². The average Bonchev–Trinajstić information content (AvgIpc) is 2.83. The normalized spacial score (nSPS) is 10.2. The molecule has 0 bridgehead atoms. The number of esters is 1. The molecule has 0 atom stereocenters. The zero-order valence-electron chi connectivity index (χ0n) is 10.9. The Morgan fingerprint density at radius 1 is 1.32 bits per heavy atom. The molecule has 0 saturated heterocycles. The van der Waals surface area contributed by atoms with Crippen LogP contribution < -0.4 is 4.74 Å². The van der Waals surface area contributed by atoms with Crippen molar-refractivity contribution in [2.45, 2.75) is 20.5 Å². The maximum atomic E-state index is 11.5. The molecule has 0 saturated carbocycles. The second-order valence-electron chi connectivity index (χ2n) is 3.92. The van der Waals surface area contributed by atoms with Crippen LogP contribution >= 0.6 is 11.3 Å². The van der Waals surface area contributed by atoms with Gasteiger partial charge in [-0.15, -0.1) is 11.3 Å². The van der Waals surface area contributed by atoms with Crippen molar-refractivity contribution < 1.29 is 14.3 Å². The molecule has 5 heteroatoms. The van der Waals surface area contributed by atoms with Gasteiger partial charge in [0.2, 0.25) is 0 Å². The van der Waals surface area contributed by atoms with Crippen LogP contribution in [0.5, 0.6) is 5.75 Å². The van der Waals surface area contributed by atoms with Gasteiger partial charge in [-0.3, -0.25) is 0 Å². The summed E-state index contributed by atoms with van der Waals surface area (Å²) < 4.78 is 10.5. The lowest BCUT2D eigenvalue weighted by Gasteiger charge is -2.05. The summed E-state index contributed by atoms with van der Waals surface area (Å²) in [6, 6.07) is 6.90. The van der Waals surface area contributed by atoms with Gasteiger partial charge < -0.3 is 9.47 Å². The number of aromatic nitrogens is 1. The van der Waals surface area contributed by atoms with Crippen molar-refractivity contribution in [3.63, 3.8) is 0 Å². The Labute approximate surface area is 116 Å². The van der Waals surface area contributed by atoms with E-state index in [1.54, 1.807) is 42.5 Å². The molecule has 100 valence electrons. The summed E-state index contributed by atoms with van der Waals surface area (Å²) in [6.07, 6.45) is 0. The van der Waals surface area contributed by atoms with E-state index in [4.69, 9.17) is 9.47 Å². The van der Waals surface area contributed by atoms with E-state index >= 15 is 0 Å². The Morgan fingerprint density at radius 3 is 2.63 bits per heavy atom. The first-order valence-corrected chi connectivity index (χ1v) is 6.88. The monoisotopic (exact) mass is 277 g/mol. The van der Waals surface area contributed by atoms with Crippen LogP contribution in [0.25, 0.3) is 0 Å². The van der Waals surface area contributed by atoms with Gasteiger partial charge in [-0.05, 0) is 38.1 Å². The van der Waals surface area contributed by atoms with Crippen LogP contribution in [0.15, 0.2) is 29.6 Å². The Kier molecular flexibility index (Phi) is 4.52. The first-order chi connectivity index (χ1) is 9.19. The van der Waals surface area contributed by atoms with Gasteiger partial charge in [0, 0.05) is 11.1 Å². The minimum absolute atomic E-state index is 0.315. The number of carbonyl (C=O) groups excluding carboxylic acids is 1. The topological polar surface area (TPSA) is 48.4 Å². The number of hydrogen-bond donors (Lipinski definition) is 0. The van der Waals surface area contributed by atoms with Gasteiger partial charge in [-0.25, -0.2) is 9.78 Å². The van der Waals surface area contributed by atoms with Gasteiger partial charge in [-0.1, -0.05) is 0 Å². The maximum Gasteiger partial charge on any atom is 0.338 e. The Bertz CT molecular complexity index is 548. The average molecular weight is 277 g/mol. The highest BCUT2D eigenvalue weighted by Gasteiger charge is 2.06. The van der Waals surface area contributed by atoms with Crippen molar-refractivity contribution in [3.05, 3.63) is 45.9 Å². The Hall–Kier alpha value is -1.88. The van der Waals surface area contributed by atoms with Crippen LogP contribution in [0.3, 0.4) is 0 Å². The zero-order chi connectivity index (χ0) is 13.7. The Morgan fingerprint density at radius 2 is 2.05 bits per heavy atom. The molecule has 0 aliphatic rings. The first kappa shape index (κ1) is 13.5. The molecule has 0 radical (unpaired) electrons. The third-order valence-corrected chi connectivity index (χ3v) is 3.33. The van der Waals surface area contributed by atoms with Crippen molar-refractivity contribution >= 4 is 17.3 Å². The van der Waals surface area contributed by atoms with Gasteiger partial charge in [0.15, 0.2) is 0 Å². The molecule has 4 nitrogen and oxygen atoms in total. The molecule has 0 spiro atoms. The maximum absolute atomic E-state index is 11.5. The van der Waals surface area contributed by atoms with Crippen LogP contribution in [0.4, 0.5) is 0 Å². The highest BCUT2D eigenvalue weighted by molar-refractivity contribution is 7.09. The summed E-state index contributed by atoms with van der Waals surface area (Å²) in [5.74, 6) is 0.394. The molecule has 0 fully saturated rings. The summed E-state index contributed by atoms with van der Waals surface area (Å²) >= 11 is 1.57. The van der Waals surface area contributed by atoms with E-state index in [0.29, 0.717) is 24.5 Å². The van der Waals surface area contributed by atoms with E-state index < -0.39 is 0 Å². The standard InChI is InChI=1S/C14H15NO3S/c1-3-17-14(16)11-4-6-12(7-5-11)18-8-13-15-10(2)9-19-13/h4-7,9H,3,8H2,1-2H3. The lowest BCUT2D eigenvalue weighted by Crippen LogP contribution is -2.04. The predicted molar refractivity (Wildman–Crippen MR) is 73.6 cm³/mol. The van der Waals surface area contributed by atoms with Crippen molar-refractivity contribution in [1.29, 1.82) is 0 Å². The fourth-order valence-electron chi connectivity index (χ4n) is 1.52. The van der Waals surface area contributed by atoms with Gasteiger partial charge >= 0.3 is 5.97 Å². The largest absolute Gasteiger partial charge is 0.486 e. The molecule has 2 rings (SSSR count). The molecule has 0 amide bonds. The zero-order valence-corrected chi connectivity index (χ0v) is 11.7. The van der Waals surface area contributed by atoms with E-state index in [0.717, 1.165) is 10.7 Å². The number of carbonyl (C=O) groups is 1. The second kappa shape index (κ2) is 6.33. The summed E-state index contributed by atoms with van der Waals surface area (Å²) in [5, 5.41) is 2.93. The third-order valence-electron chi connectivity index (χ3n) is 2.39. The summed E-state index contributed by atoms with van der Waals surface area (Å²) in [4.78, 5) is 15.8. The smallest absolute Gasteiger partial charge is 0.338 e. The molecule has 1 heterocycles. The highest BCUT2D eigenvalue weighted by Crippen LogP contribution is 2.16. The number of ether oxygens (including phenoxy) is 2. The molecule has 0 aliphatic carbocycles. The number of thiazole rings is 1. The minimum Gasteiger partial charge on any atom is -0.486 e. The summed E-state index contributed by atoms with van der Waals surface area (Å²) in [7, 11) is 0. The lowest BCUT2D eigenvalue weighted by atomic mass is 10.2. The number of aryl methyl sites for hydroxylation is 1. The molecule has 0 aliphatic heterocycles. The van der Waals surface area contributed by atoms with Crippen LogP contribution in [0, 0.1) is 6.92 Å². The molecule has 2 aromatic rings. The van der Waals surface area contributed by atoms with Crippen molar-refractivity contribution in [2.24, 2.45) is 0 Å². The van der Waals surface area contributed by atoms with E-state index in [9.17, 15) is 4.79 Å². The molecule has 0 unspecified atom stereocenters. The van der Waals surface area contributed by atoms with Gasteiger partial charge in [0.25, 0.3) is 0 Å². The number of benzene rings is 1. The molecular formula is C14H15NO3S. The molecule has 1 aromatic heterocycles. The number of rotatable bonds is 5. The van der Waals surface area contributed by atoms with E-state index in [-0.39, 0.29) is 5.97 Å². The minimum atomic E-state index is -0.315. The van der Waals surface area contributed by atoms with Crippen LogP contribution in [-0.2, 0) is 11.3 Å². The fraction of sp³-hybridized carbons (Fsp3) is 0.286. The molecule has 1 aromatic carbocycles. The highest BCUT2D eigenvalue weighted by atomic mass is 32.1. The summed E-state index contributed by atoms with van der Waals surface area (Å²) in [6.45, 7) is 4.55. The predicted octanol–water partition coefficient (Wildman–Crippen LogP) is 3.21. The molecule has 0 N–H and O–H groups in total. The lowest BCUT2D eigenvalue weighted by molar-refractivity contribution is 0.0526. The van der Waals surface area contributed by atoms with E-state index in [1.807, 2.05) is 12.3 Å². The van der Waals surface area contributed by atoms with Gasteiger partial charge in [-0.2, -0.15) is 0 Å². The Balaban J connectivity index is 1.93. The van der Waals surface area contributed by atoms with Gasteiger partial charge in [0.05, 0.1) is 12.2 Å². The number of hydrogen-bond acceptors (Lipinski definition) is 5. The van der Waals surface area contributed by atoms with Crippen molar-refractivity contribution in [1.82, 2.24) is 4.98 Å². The van der Waals surface area contributed by atoms with Crippen LogP contribution in [0.1, 0.15) is 28.0 Å².